The minimum atomic E-state index is -0.328. The van der Waals surface area contributed by atoms with E-state index in [4.69, 9.17) is 5.21 Å². The van der Waals surface area contributed by atoms with E-state index in [1.807, 2.05) is 0 Å². The molecule has 4 heteroatoms. The van der Waals surface area contributed by atoms with Gasteiger partial charge in [0.05, 0.1) is 6.21 Å². The molecule has 4 nitrogen and oxygen atoms in total. The average Bonchev–Trinajstić information content (AvgIpc) is 1.87. The first kappa shape index (κ1) is 8.68. The summed E-state index contributed by atoms with van der Waals surface area (Å²) in [6.45, 7) is 1.54. The Bertz CT molecular complexity index is 151. The van der Waals surface area contributed by atoms with Gasteiger partial charge in [-0.1, -0.05) is 5.16 Å². The normalized spacial score (nSPS) is 10.9. The fourth-order valence-electron chi connectivity index (χ4n) is 0.320. The van der Waals surface area contributed by atoms with Crippen LogP contribution in [0.5, 0.6) is 0 Å². The number of carbonyl (C=O) groups is 1. The zero-order valence-electron chi connectivity index (χ0n) is 5.65. The van der Waals surface area contributed by atoms with E-state index in [0.717, 1.165) is 0 Å². The van der Waals surface area contributed by atoms with Gasteiger partial charge in [-0.3, -0.25) is 4.79 Å². The van der Waals surface area contributed by atoms with Crippen molar-refractivity contribution in [3.05, 3.63) is 12.2 Å². The van der Waals surface area contributed by atoms with Gasteiger partial charge in [-0.05, 0) is 12.2 Å². The number of esters is 1. The van der Waals surface area contributed by atoms with Gasteiger partial charge in [0.25, 0.3) is 0 Å². The molecule has 0 atom stereocenters. The Labute approximate surface area is 58.8 Å². The van der Waals surface area contributed by atoms with E-state index in [9.17, 15) is 4.79 Å². The third-order valence-corrected chi connectivity index (χ3v) is 0.672. The molecule has 56 valence electrons. The van der Waals surface area contributed by atoms with Gasteiger partial charge in [-0.15, -0.1) is 0 Å². The first-order chi connectivity index (χ1) is 4.77. The monoisotopic (exact) mass is 143 g/mol. The summed E-state index contributed by atoms with van der Waals surface area (Å²) in [6.07, 6.45) is 4.22. The molecule has 0 bridgehead atoms. The van der Waals surface area contributed by atoms with Crippen molar-refractivity contribution in [3.8, 4) is 0 Å². The van der Waals surface area contributed by atoms with Crippen LogP contribution in [0.25, 0.3) is 0 Å². The molecule has 0 fully saturated rings. The first-order valence-corrected chi connectivity index (χ1v) is 2.73. The Hall–Kier alpha value is -1.32. The molecule has 0 aromatic rings. The maximum absolute atomic E-state index is 10.1. The second-order valence-electron chi connectivity index (χ2n) is 1.50. The third-order valence-electron chi connectivity index (χ3n) is 0.672. The number of hydrogen-bond acceptors (Lipinski definition) is 4. The molecule has 0 unspecified atom stereocenters. The number of allylic oxidation sites excluding steroid dienone is 1. The topological polar surface area (TPSA) is 58.9 Å². The van der Waals surface area contributed by atoms with Gasteiger partial charge in [-0.25, -0.2) is 0 Å². The number of carbonyl (C=O) groups excluding carboxylic acids is 1. The minimum absolute atomic E-state index is 0.210. The number of nitrogens with zero attached hydrogens (tertiary/aromatic N) is 1. The van der Waals surface area contributed by atoms with E-state index in [1.165, 1.54) is 19.2 Å². The molecule has 0 aromatic carbocycles. The maximum Gasteiger partial charge on any atom is 0.302 e. The van der Waals surface area contributed by atoms with E-state index in [0.29, 0.717) is 0 Å². The predicted octanol–water partition coefficient (Wildman–Crippen LogP) is 0.566. The van der Waals surface area contributed by atoms with Crippen LogP contribution in [-0.2, 0) is 9.53 Å². The summed E-state index contributed by atoms with van der Waals surface area (Å²) in [4.78, 5) is 10.1. The second-order valence-corrected chi connectivity index (χ2v) is 1.50. The third kappa shape index (κ3) is 6.68. The van der Waals surface area contributed by atoms with E-state index in [1.54, 1.807) is 6.08 Å². The predicted molar refractivity (Wildman–Crippen MR) is 36.1 cm³/mol. The molecule has 0 spiro atoms. The van der Waals surface area contributed by atoms with Crippen molar-refractivity contribution in [1.29, 1.82) is 0 Å². The number of ether oxygens (including phenoxy) is 1. The molecule has 0 amide bonds. The number of hydrogen-bond donors (Lipinski definition) is 1. The van der Waals surface area contributed by atoms with Crippen molar-refractivity contribution in [2.24, 2.45) is 5.16 Å². The van der Waals surface area contributed by atoms with Gasteiger partial charge < -0.3 is 9.94 Å². The molecule has 0 saturated carbocycles. The summed E-state index contributed by atoms with van der Waals surface area (Å²) in [7, 11) is 0. The van der Waals surface area contributed by atoms with E-state index >= 15 is 0 Å². The Morgan fingerprint density at radius 3 is 3.00 bits per heavy atom. The highest BCUT2D eigenvalue weighted by atomic mass is 16.5. The van der Waals surface area contributed by atoms with Crippen LogP contribution >= 0.6 is 0 Å². The van der Waals surface area contributed by atoms with Crippen molar-refractivity contribution < 1.29 is 14.7 Å². The number of oxime groups is 1. The first-order valence-electron chi connectivity index (χ1n) is 2.73. The van der Waals surface area contributed by atoms with Crippen LogP contribution in [0.1, 0.15) is 6.92 Å². The quantitative estimate of drug-likeness (QED) is 0.272. The van der Waals surface area contributed by atoms with Gasteiger partial charge in [0.2, 0.25) is 0 Å². The molecular formula is C6H9NO3. The Morgan fingerprint density at radius 1 is 1.80 bits per heavy atom. The summed E-state index contributed by atoms with van der Waals surface area (Å²) in [5.41, 5.74) is 0. The molecule has 0 saturated heterocycles. The zero-order valence-corrected chi connectivity index (χ0v) is 5.65. The lowest BCUT2D eigenvalue weighted by atomic mass is 10.5. The molecule has 10 heavy (non-hydrogen) atoms. The zero-order chi connectivity index (χ0) is 7.82. The summed E-state index contributed by atoms with van der Waals surface area (Å²) in [5.74, 6) is -0.328. The van der Waals surface area contributed by atoms with Crippen LogP contribution in [0.3, 0.4) is 0 Å². The van der Waals surface area contributed by atoms with E-state index in [-0.39, 0.29) is 12.6 Å². The Morgan fingerprint density at radius 2 is 2.50 bits per heavy atom. The molecule has 0 aliphatic heterocycles. The fraction of sp³-hybridized carbons (Fsp3) is 0.333. The standard InChI is InChI=1S/C6H9NO3/c1-6(8)10-5-3-2-4-7-9/h2-4,9H,5H2,1H3/b3-2-,7-4+. The smallest absolute Gasteiger partial charge is 0.302 e. The highest BCUT2D eigenvalue weighted by Crippen LogP contribution is 1.76. The summed E-state index contributed by atoms with van der Waals surface area (Å²) in [6, 6.07) is 0. The van der Waals surface area contributed by atoms with Gasteiger partial charge in [0.15, 0.2) is 0 Å². The highest BCUT2D eigenvalue weighted by Gasteiger charge is 1.84. The lowest BCUT2D eigenvalue weighted by Crippen LogP contribution is -1.97. The van der Waals surface area contributed by atoms with Gasteiger partial charge >= 0.3 is 5.97 Å². The van der Waals surface area contributed by atoms with Crippen LogP contribution in [0.4, 0.5) is 0 Å². The van der Waals surface area contributed by atoms with Crippen LogP contribution < -0.4 is 0 Å². The van der Waals surface area contributed by atoms with Crippen LogP contribution in [0, 0.1) is 0 Å². The molecule has 1 N–H and O–H groups in total. The minimum Gasteiger partial charge on any atom is -0.462 e. The summed E-state index contributed by atoms with van der Waals surface area (Å²) >= 11 is 0. The van der Waals surface area contributed by atoms with Crippen LogP contribution in [0.15, 0.2) is 17.3 Å². The Kier molecular flexibility index (Phi) is 5.04. The fourth-order valence-corrected chi connectivity index (χ4v) is 0.320. The highest BCUT2D eigenvalue weighted by molar-refractivity contribution is 5.70. The Balaban J connectivity index is 3.27. The lowest BCUT2D eigenvalue weighted by Gasteiger charge is -1.92. The van der Waals surface area contributed by atoms with Crippen molar-refractivity contribution in [2.75, 3.05) is 6.61 Å². The number of rotatable bonds is 3. The van der Waals surface area contributed by atoms with E-state index in [2.05, 4.69) is 9.89 Å². The molecule has 0 rings (SSSR count). The van der Waals surface area contributed by atoms with Crippen molar-refractivity contribution >= 4 is 12.2 Å². The van der Waals surface area contributed by atoms with Crippen LogP contribution in [-0.4, -0.2) is 24.0 Å². The largest absolute Gasteiger partial charge is 0.462 e. The molecule has 0 aliphatic carbocycles. The molecule has 0 radical (unpaired) electrons. The summed E-state index contributed by atoms with van der Waals surface area (Å²) in [5, 5.41) is 10.6. The maximum atomic E-state index is 10.1. The van der Waals surface area contributed by atoms with Crippen molar-refractivity contribution in [3.63, 3.8) is 0 Å². The summed E-state index contributed by atoms with van der Waals surface area (Å²) < 4.78 is 4.52. The van der Waals surface area contributed by atoms with E-state index < -0.39 is 0 Å². The lowest BCUT2D eigenvalue weighted by molar-refractivity contribution is -0.139. The molecule has 0 heterocycles. The van der Waals surface area contributed by atoms with Gasteiger partial charge in [0, 0.05) is 6.92 Å². The van der Waals surface area contributed by atoms with Gasteiger partial charge in [-0.2, -0.15) is 0 Å². The van der Waals surface area contributed by atoms with Crippen molar-refractivity contribution in [1.82, 2.24) is 0 Å². The molecule has 0 aliphatic rings. The SMILES string of the molecule is CC(=O)OC/C=C\C=N\O. The average molecular weight is 143 g/mol. The van der Waals surface area contributed by atoms with Crippen LogP contribution in [0.2, 0.25) is 0 Å². The van der Waals surface area contributed by atoms with Crippen molar-refractivity contribution in [2.45, 2.75) is 6.92 Å². The molecule has 0 aromatic heterocycles. The van der Waals surface area contributed by atoms with Gasteiger partial charge in [0.1, 0.15) is 6.61 Å². The second kappa shape index (κ2) is 5.81. The molecular weight excluding hydrogens is 134 g/mol.